The van der Waals surface area contributed by atoms with Gasteiger partial charge in [0, 0.05) is 0 Å². The van der Waals surface area contributed by atoms with Crippen LogP contribution < -0.4 is 0 Å². The topological polar surface area (TPSA) is 40.5 Å². The molecule has 0 bridgehead atoms. The second-order valence-electron chi connectivity index (χ2n) is 15.5. The van der Waals surface area contributed by atoms with Crippen molar-refractivity contribution in [3.05, 3.63) is 70.4 Å². The molecule has 0 aromatic carbocycles. The van der Waals surface area contributed by atoms with Crippen molar-refractivity contribution in [2.75, 3.05) is 0 Å². The fourth-order valence-electron chi connectivity index (χ4n) is 7.32. The molecule has 42 heavy (non-hydrogen) atoms. The minimum absolute atomic E-state index is 0.0519. The van der Waals surface area contributed by atoms with Crippen molar-refractivity contribution in [2.24, 2.45) is 28.6 Å². The van der Waals surface area contributed by atoms with Crippen molar-refractivity contribution in [1.29, 1.82) is 0 Å². The summed E-state index contributed by atoms with van der Waals surface area (Å²) in [5.41, 5.74) is 7.04. The van der Waals surface area contributed by atoms with E-state index < -0.39 is 0 Å². The summed E-state index contributed by atoms with van der Waals surface area (Å²) in [7, 11) is 0. The molecule has 0 radical (unpaired) electrons. The maximum atomic E-state index is 10.1. The molecule has 2 aliphatic carbocycles. The monoisotopic (exact) mass is 579 g/mol. The SMILES string of the molecule is CC1=C(/C=C/C(C)C/C=C/C(C)=C\CCCC(C)CCCC(C)/C=C/C2=C(C)C[C@H](O)CC2(C)C)C(C)(C)C[C@H](O)C1. The van der Waals surface area contributed by atoms with Crippen molar-refractivity contribution < 1.29 is 10.2 Å². The summed E-state index contributed by atoms with van der Waals surface area (Å²) in [6.07, 6.45) is 28.1. The molecule has 0 saturated heterocycles. The first-order valence-corrected chi connectivity index (χ1v) is 17.1. The highest BCUT2D eigenvalue weighted by Gasteiger charge is 2.32. The van der Waals surface area contributed by atoms with E-state index in [9.17, 15) is 10.2 Å². The lowest BCUT2D eigenvalue weighted by Gasteiger charge is -2.36. The van der Waals surface area contributed by atoms with Gasteiger partial charge in [0.25, 0.3) is 0 Å². The van der Waals surface area contributed by atoms with Gasteiger partial charge in [-0.2, -0.15) is 0 Å². The molecule has 2 nitrogen and oxygen atoms in total. The van der Waals surface area contributed by atoms with Gasteiger partial charge in [0.05, 0.1) is 12.2 Å². The number of unbranched alkanes of at least 4 members (excludes halogenated alkanes) is 1. The van der Waals surface area contributed by atoms with Crippen LogP contribution in [0.3, 0.4) is 0 Å². The van der Waals surface area contributed by atoms with Crippen molar-refractivity contribution in [3.8, 4) is 0 Å². The Kier molecular flexibility index (Phi) is 14.8. The number of hydrogen-bond acceptors (Lipinski definition) is 2. The standard InChI is InChI=1S/C40H66O2/c1-29(17-13-19-31(3)21-23-37-33(5)25-35(41)27-39(37,7)8)15-11-12-16-30(2)18-14-20-32(4)22-24-38-34(6)26-36(42)28-40(38,9)10/h13,15,17,21-24,30-32,35-36,41-42H,11-12,14,16,18-20,25-28H2,1-10H3/b17-13+,23-21+,24-22+,29-15-/t30?,31?,32?,35-,36+/m1/s1. The third-order valence-corrected chi connectivity index (χ3v) is 9.75. The highest BCUT2D eigenvalue weighted by molar-refractivity contribution is 5.34. The molecule has 2 N–H and O–H groups in total. The number of aliphatic hydroxyl groups excluding tert-OH is 2. The smallest absolute Gasteiger partial charge is 0.0585 e. The minimum atomic E-state index is -0.197. The first-order valence-electron chi connectivity index (χ1n) is 17.1. The summed E-state index contributed by atoms with van der Waals surface area (Å²) in [4.78, 5) is 0. The van der Waals surface area contributed by atoms with E-state index in [0.717, 1.165) is 38.0 Å². The molecule has 0 aliphatic heterocycles. The maximum absolute atomic E-state index is 10.1. The summed E-state index contributed by atoms with van der Waals surface area (Å²) < 4.78 is 0. The second-order valence-corrected chi connectivity index (χ2v) is 15.5. The van der Waals surface area contributed by atoms with Gasteiger partial charge in [-0.3, -0.25) is 0 Å². The molecule has 0 spiro atoms. The van der Waals surface area contributed by atoms with E-state index in [0.29, 0.717) is 11.8 Å². The Morgan fingerprint density at radius 2 is 1.29 bits per heavy atom. The fraction of sp³-hybridized carbons (Fsp3) is 0.700. The molecule has 3 unspecified atom stereocenters. The second kappa shape index (κ2) is 17.0. The zero-order chi connectivity index (χ0) is 31.5. The Labute approximate surface area is 260 Å². The zero-order valence-corrected chi connectivity index (χ0v) is 29.1. The van der Waals surface area contributed by atoms with Crippen molar-refractivity contribution in [2.45, 2.75) is 152 Å². The van der Waals surface area contributed by atoms with Gasteiger partial charge in [0.2, 0.25) is 0 Å². The van der Waals surface area contributed by atoms with Gasteiger partial charge < -0.3 is 10.2 Å². The number of allylic oxidation sites excluding steroid dienone is 10. The first-order chi connectivity index (χ1) is 19.6. The Morgan fingerprint density at radius 3 is 1.81 bits per heavy atom. The lowest BCUT2D eigenvalue weighted by atomic mass is 9.71. The minimum Gasteiger partial charge on any atom is -0.393 e. The predicted molar refractivity (Wildman–Crippen MR) is 184 cm³/mol. The molecule has 0 saturated carbocycles. The van der Waals surface area contributed by atoms with Crippen LogP contribution in [0.15, 0.2) is 70.4 Å². The van der Waals surface area contributed by atoms with Crippen LogP contribution in [0.2, 0.25) is 0 Å². The molecule has 238 valence electrons. The summed E-state index contributed by atoms with van der Waals surface area (Å²) in [6, 6.07) is 0. The van der Waals surface area contributed by atoms with Crippen LogP contribution >= 0.6 is 0 Å². The lowest BCUT2D eigenvalue weighted by molar-refractivity contribution is 0.116. The van der Waals surface area contributed by atoms with Crippen LogP contribution in [0.1, 0.15) is 140 Å². The van der Waals surface area contributed by atoms with Gasteiger partial charge in [-0.25, -0.2) is 0 Å². The maximum Gasteiger partial charge on any atom is 0.0585 e. The Morgan fingerprint density at radius 1 is 0.786 bits per heavy atom. The Balaban J connectivity index is 1.65. The largest absolute Gasteiger partial charge is 0.393 e. The number of hydrogen-bond donors (Lipinski definition) is 2. The molecule has 2 rings (SSSR count). The third kappa shape index (κ3) is 12.5. The predicted octanol–water partition coefficient (Wildman–Crippen LogP) is 11.2. The van der Waals surface area contributed by atoms with Crippen molar-refractivity contribution in [3.63, 3.8) is 0 Å². The highest BCUT2D eigenvalue weighted by atomic mass is 16.3. The van der Waals surface area contributed by atoms with E-state index in [1.165, 1.54) is 66.4 Å². The van der Waals surface area contributed by atoms with Gasteiger partial charge in [-0.05, 0) is 112 Å². The van der Waals surface area contributed by atoms with Crippen molar-refractivity contribution >= 4 is 0 Å². The van der Waals surface area contributed by atoms with Gasteiger partial charge in [0.1, 0.15) is 0 Å². The van der Waals surface area contributed by atoms with Crippen LogP contribution in [0.25, 0.3) is 0 Å². The summed E-state index contributed by atoms with van der Waals surface area (Å²) >= 11 is 0. The molecule has 0 amide bonds. The third-order valence-electron chi connectivity index (χ3n) is 9.75. The highest BCUT2D eigenvalue weighted by Crippen LogP contribution is 2.42. The number of aliphatic hydroxyl groups is 2. The molecule has 5 atom stereocenters. The van der Waals surface area contributed by atoms with Crippen LogP contribution in [-0.4, -0.2) is 22.4 Å². The molecule has 2 heteroatoms. The average molecular weight is 579 g/mol. The summed E-state index contributed by atoms with van der Waals surface area (Å²) in [5, 5.41) is 20.3. The Hall–Kier alpha value is -1.64. The van der Waals surface area contributed by atoms with Crippen LogP contribution in [0, 0.1) is 28.6 Å². The van der Waals surface area contributed by atoms with E-state index in [1.807, 2.05) is 0 Å². The zero-order valence-electron chi connectivity index (χ0n) is 29.1. The summed E-state index contributed by atoms with van der Waals surface area (Å²) in [5.74, 6) is 1.90. The first kappa shape index (κ1) is 36.6. The molecular weight excluding hydrogens is 512 g/mol. The van der Waals surface area contributed by atoms with E-state index >= 15 is 0 Å². The van der Waals surface area contributed by atoms with Gasteiger partial charge >= 0.3 is 0 Å². The Bertz CT molecular complexity index is 1030. The molecular formula is C40H66O2. The van der Waals surface area contributed by atoms with Gasteiger partial charge in [-0.15, -0.1) is 0 Å². The molecule has 2 aliphatic rings. The molecule has 0 heterocycles. The van der Waals surface area contributed by atoms with Crippen LogP contribution in [-0.2, 0) is 0 Å². The molecule has 0 aromatic heterocycles. The van der Waals surface area contributed by atoms with E-state index in [2.05, 4.69) is 112 Å². The summed E-state index contributed by atoms with van der Waals surface area (Å²) in [6.45, 7) is 22.7. The fourth-order valence-corrected chi connectivity index (χ4v) is 7.32. The molecule has 0 fully saturated rings. The van der Waals surface area contributed by atoms with Crippen molar-refractivity contribution in [1.82, 2.24) is 0 Å². The lowest BCUT2D eigenvalue weighted by Crippen LogP contribution is -2.28. The quantitative estimate of drug-likeness (QED) is 0.150. The number of rotatable bonds is 15. The van der Waals surface area contributed by atoms with E-state index in [4.69, 9.17) is 0 Å². The van der Waals surface area contributed by atoms with E-state index in [1.54, 1.807) is 0 Å². The van der Waals surface area contributed by atoms with Gasteiger partial charge in [0.15, 0.2) is 0 Å². The normalized spacial score (nSPS) is 25.7. The average Bonchev–Trinajstić information content (AvgIpc) is 2.84. The van der Waals surface area contributed by atoms with E-state index in [-0.39, 0.29) is 23.0 Å². The van der Waals surface area contributed by atoms with Crippen LogP contribution in [0.4, 0.5) is 0 Å². The van der Waals surface area contributed by atoms with Gasteiger partial charge in [-0.1, -0.05) is 127 Å². The van der Waals surface area contributed by atoms with Crippen LogP contribution in [0.5, 0.6) is 0 Å². The molecule has 0 aromatic rings.